The number of imidazole rings is 1. The molecule has 0 aliphatic heterocycles. The van der Waals surface area contributed by atoms with Crippen LogP contribution in [-0.2, 0) is 14.8 Å². The number of nitrogens with one attached hydrogen (secondary N) is 1. The smallest absolute Gasteiger partial charge is 0.318 e. The molecule has 0 saturated heterocycles. The zero-order chi connectivity index (χ0) is 12.6. The third kappa shape index (κ3) is 2.47. The highest BCUT2D eigenvalue weighted by Crippen LogP contribution is 2.31. The van der Waals surface area contributed by atoms with Crippen molar-refractivity contribution in [2.24, 2.45) is 0 Å². The molecule has 2 rings (SSSR count). The first kappa shape index (κ1) is 12.1. The lowest BCUT2D eigenvalue weighted by molar-refractivity contribution is -0.137. The Morgan fingerprint density at radius 3 is 2.71 bits per heavy atom. The Kier molecular flexibility index (Phi) is 2.92. The van der Waals surface area contributed by atoms with Crippen molar-refractivity contribution in [3.8, 4) is 0 Å². The first-order chi connectivity index (χ1) is 7.91. The van der Waals surface area contributed by atoms with Crippen molar-refractivity contribution in [2.45, 2.75) is 30.8 Å². The van der Waals surface area contributed by atoms with E-state index in [1.807, 2.05) is 0 Å². The van der Waals surface area contributed by atoms with Gasteiger partial charge in [-0.1, -0.05) is 0 Å². The molecule has 94 valence electrons. The van der Waals surface area contributed by atoms with E-state index in [9.17, 15) is 13.2 Å². The Labute approximate surface area is 98.5 Å². The van der Waals surface area contributed by atoms with Gasteiger partial charge in [0.15, 0.2) is 5.03 Å². The number of sulfonamides is 1. The van der Waals surface area contributed by atoms with Gasteiger partial charge in [-0.3, -0.25) is 4.79 Å². The molecule has 7 nitrogen and oxygen atoms in total. The number of aromatic nitrogens is 2. The number of aliphatic carboxylic acids is 1. The Morgan fingerprint density at radius 1 is 1.65 bits per heavy atom. The average Bonchev–Trinajstić information content (AvgIpc) is 2.96. The standard InChI is InChI=1S/C9H13N3O4S/c1-6-10-4-8(11-6)17(15,16)12(5-9(13)14)7-2-3-7/h4,7H,2-3,5H2,1H3,(H,10,11)(H,13,14). The summed E-state index contributed by atoms with van der Waals surface area (Å²) in [5.41, 5.74) is 0. The Balaban J connectivity index is 2.31. The number of carbonyl (C=O) groups is 1. The van der Waals surface area contributed by atoms with Crippen molar-refractivity contribution < 1.29 is 18.3 Å². The van der Waals surface area contributed by atoms with Crippen LogP contribution >= 0.6 is 0 Å². The minimum atomic E-state index is -3.78. The fraction of sp³-hybridized carbons (Fsp3) is 0.556. The molecule has 1 aromatic rings. The molecule has 1 aliphatic carbocycles. The van der Waals surface area contributed by atoms with Crippen molar-refractivity contribution in [1.82, 2.24) is 14.3 Å². The molecule has 1 heterocycles. The summed E-state index contributed by atoms with van der Waals surface area (Å²) >= 11 is 0. The highest BCUT2D eigenvalue weighted by Gasteiger charge is 2.40. The third-order valence-corrected chi connectivity index (χ3v) is 4.32. The van der Waals surface area contributed by atoms with Crippen LogP contribution in [-0.4, -0.2) is 46.4 Å². The van der Waals surface area contributed by atoms with Gasteiger partial charge in [0.2, 0.25) is 0 Å². The molecule has 0 spiro atoms. The van der Waals surface area contributed by atoms with Crippen LogP contribution in [0, 0.1) is 6.92 Å². The molecule has 1 aromatic heterocycles. The maximum atomic E-state index is 12.2. The first-order valence-corrected chi connectivity index (χ1v) is 6.60. The number of carboxylic acids is 1. The second kappa shape index (κ2) is 4.11. The highest BCUT2D eigenvalue weighted by molar-refractivity contribution is 7.89. The first-order valence-electron chi connectivity index (χ1n) is 5.16. The van der Waals surface area contributed by atoms with Crippen molar-refractivity contribution in [2.75, 3.05) is 6.54 Å². The van der Waals surface area contributed by atoms with Gasteiger partial charge in [0.05, 0.1) is 6.20 Å². The maximum absolute atomic E-state index is 12.2. The quantitative estimate of drug-likeness (QED) is 0.772. The van der Waals surface area contributed by atoms with E-state index < -0.39 is 22.5 Å². The predicted octanol–water partition coefficient (Wildman–Crippen LogP) is -0.0442. The molecule has 0 aromatic carbocycles. The van der Waals surface area contributed by atoms with E-state index >= 15 is 0 Å². The number of hydrogen-bond acceptors (Lipinski definition) is 4. The number of carboxylic acid groups (broad SMARTS) is 1. The summed E-state index contributed by atoms with van der Waals surface area (Å²) in [6.45, 7) is 1.13. The second-order valence-electron chi connectivity index (χ2n) is 4.01. The minimum absolute atomic E-state index is 0.0526. The van der Waals surface area contributed by atoms with E-state index in [1.54, 1.807) is 6.92 Å². The van der Waals surface area contributed by atoms with Gasteiger partial charge in [0.1, 0.15) is 12.4 Å². The molecule has 2 N–H and O–H groups in total. The molecule has 8 heteroatoms. The van der Waals surface area contributed by atoms with Gasteiger partial charge in [0.25, 0.3) is 10.0 Å². The fourth-order valence-electron chi connectivity index (χ4n) is 1.56. The van der Waals surface area contributed by atoms with Crippen LogP contribution in [0.2, 0.25) is 0 Å². The zero-order valence-corrected chi connectivity index (χ0v) is 10.1. The van der Waals surface area contributed by atoms with Crippen molar-refractivity contribution >= 4 is 16.0 Å². The summed E-state index contributed by atoms with van der Waals surface area (Å²) in [4.78, 5) is 17.1. The molecule has 1 fully saturated rings. The van der Waals surface area contributed by atoms with Gasteiger partial charge in [-0.05, 0) is 19.8 Å². The molecule has 0 unspecified atom stereocenters. The summed E-state index contributed by atoms with van der Waals surface area (Å²) in [5, 5.41) is 8.69. The number of rotatable bonds is 5. The molecular weight excluding hydrogens is 246 g/mol. The van der Waals surface area contributed by atoms with Gasteiger partial charge < -0.3 is 10.1 Å². The lowest BCUT2D eigenvalue weighted by Gasteiger charge is -2.18. The number of H-pyrrole nitrogens is 1. The van der Waals surface area contributed by atoms with Crippen molar-refractivity contribution in [3.05, 3.63) is 12.0 Å². The topological polar surface area (TPSA) is 103 Å². The Morgan fingerprint density at radius 2 is 2.29 bits per heavy atom. The summed E-state index contributed by atoms with van der Waals surface area (Å²) in [5.74, 6) is -0.675. The molecule has 17 heavy (non-hydrogen) atoms. The number of hydrogen-bond donors (Lipinski definition) is 2. The molecule has 0 radical (unpaired) electrons. The lowest BCUT2D eigenvalue weighted by Crippen LogP contribution is -2.37. The highest BCUT2D eigenvalue weighted by atomic mass is 32.2. The van der Waals surface area contributed by atoms with E-state index in [4.69, 9.17) is 5.11 Å². The summed E-state index contributed by atoms with van der Waals surface area (Å²) in [6, 6.07) is -0.195. The Bertz CT molecular complexity index is 532. The fourth-order valence-corrected chi connectivity index (χ4v) is 3.16. The van der Waals surface area contributed by atoms with Gasteiger partial charge in [0, 0.05) is 6.04 Å². The zero-order valence-electron chi connectivity index (χ0n) is 9.25. The van der Waals surface area contributed by atoms with Gasteiger partial charge in [-0.2, -0.15) is 4.31 Å². The van der Waals surface area contributed by atoms with Crippen LogP contribution in [0.3, 0.4) is 0 Å². The van der Waals surface area contributed by atoms with E-state index in [0.717, 1.165) is 4.31 Å². The van der Waals surface area contributed by atoms with Crippen LogP contribution in [0.25, 0.3) is 0 Å². The normalized spacial score (nSPS) is 16.4. The van der Waals surface area contributed by atoms with E-state index in [-0.39, 0.29) is 11.1 Å². The number of nitrogens with zero attached hydrogens (tertiary/aromatic N) is 2. The molecule has 0 bridgehead atoms. The van der Waals surface area contributed by atoms with E-state index in [1.165, 1.54) is 6.20 Å². The van der Waals surface area contributed by atoms with E-state index in [2.05, 4.69) is 9.97 Å². The van der Waals surface area contributed by atoms with Crippen LogP contribution < -0.4 is 0 Å². The molecule has 0 atom stereocenters. The van der Waals surface area contributed by atoms with Gasteiger partial charge >= 0.3 is 5.97 Å². The molecule has 0 amide bonds. The molecular formula is C9H13N3O4S. The lowest BCUT2D eigenvalue weighted by atomic mass is 10.6. The summed E-state index contributed by atoms with van der Waals surface area (Å²) in [7, 11) is -3.78. The summed E-state index contributed by atoms with van der Waals surface area (Å²) in [6.07, 6.45) is 2.63. The van der Waals surface area contributed by atoms with Gasteiger partial charge in [-0.25, -0.2) is 13.4 Å². The second-order valence-corrected chi connectivity index (χ2v) is 5.87. The summed E-state index contributed by atoms with van der Waals surface area (Å²) < 4.78 is 25.3. The average molecular weight is 259 g/mol. The minimum Gasteiger partial charge on any atom is -0.480 e. The van der Waals surface area contributed by atoms with E-state index in [0.29, 0.717) is 18.7 Å². The maximum Gasteiger partial charge on any atom is 0.318 e. The predicted molar refractivity (Wildman–Crippen MR) is 57.9 cm³/mol. The number of aromatic amines is 1. The molecule has 1 saturated carbocycles. The van der Waals surface area contributed by atoms with Crippen LogP contribution in [0.1, 0.15) is 18.7 Å². The van der Waals surface area contributed by atoms with Crippen molar-refractivity contribution in [3.63, 3.8) is 0 Å². The number of aryl methyl sites for hydroxylation is 1. The largest absolute Gasteiger partial charge is 0.480 e. The molecule has 1 aliphatic rings. The van der Waals surface area contributed by atoms with Gasteiger partial charge in [-0.15, -0.1) is 0 Å². The SMILES string of the molecule is Cc1ncc(S(=O)(=O)N(CC(=O)O)C2CC2)[nH]1. The van der Waals surface area contributed by atoms with Crippen LogP contribution in [0.15, 0.2) is 11.2 Å². The Hall–Kier alpha value is -1.41. The third-order valence-electron chi connectivity index (χ3n) is 2.51. The monoisotopic (exact) mass is 259 g/mol. The van der Waals surface area contributed by atoms with Crippen LogP contribution in [0.5, 0.6) is 0 Å². The van der Waals surface area contributed by atoms with Crippen LogP contribution in [0.4, 0.5) is 0 Å². The van der Waals surface area contributed by atoms with Crippen molar-refractivity contribution in [1.29, 1.82) is 0 Å².